The summed E-state index contributed by atoms with van der Waals surface area (Å²) in [4.78, 5) is 28.1. The molecule has 2 aromatic carbocycles. The van der Waals surface area contributed by atoms with Crippen LogP contribution in [0.25, 0.3) is 0 Å². The Labute approximate surface area is 168 Å². The zero-order chi connectivity index (χ0) is 19.7. The molecule has 1 saturated heterocycles. The van der Waals surface area contributed by atoms with Gasteiger partial charge in [-0.1, -0.05) is 6.07 Å². The van der Waals surface area contributed by atoms with Gasteiger partial charge < -0.3 is 14.9 Å². The lowest BCUT2D eigenvalue weighted by Gasteiger charge is -2.35. The molecule has 4 rings (SSSR count). The maximum atomic E-state index is 11.7. The van der Waals surface area contributed by atoms with Crippen LogP contribution in [-0.4, -0.2) is 54.0 Å². The van der Waals surface area contributed by atoms with E-state index in [1.54, 1.807) is 37.1 Å². The van der Waals surface area contributed by atoms with E-state index in [1.807, 2.05) is 11.0 Å². The number of carbonyl (C=O) groups excluding carboxylic acids is 1. The molecule has 2 aliphatic rings. The first kappa shape index (κ1) is 18.8. The topological polar surface area (TPSA) is 64.1 Å². The smallest absolute Gasteiger partial charge is 0.335 e. The Morgan fingerprint density at radius 1 is 1.00 bits per heavy atom. The van der Waals surface area contributed by atoms with Crippen molar-refractivity contribution in [2.75, 3.05) is 42.5 Å². The minimum absolute atomic E-state index is 0.0993. The van der Waals surface area contributed by atoms with Crippen molar-refractivity contribution in [3.05, 3.63) is 53.6 Å². The van der Waals surface area contributed by atoms with Crippen molar-refractivity contribution in [2.24, 2.45) is 0 Å². The molecule has 2 aromatic rings. The van der Waals surface area contributed by atoms with Gasteiger partial charge in [0.1, 0.15) is 0 Å². The second-order valence-electron chi connectivity index (χ2n) is 7.07. The number of hydrogen-bond acceptors (Lipinski definition) is 5. The maximum Gasteiger partial charge on any atom is 0.335 e. The Kier molecular flexibility index (Phi) is 5.28. The van der Waals surface area contributed by atoms with Gasteiger partial charge in [-0.3, -0.25) is 4.79 Å². The van der Waals surface area contributed by atoms with Gasteiger partial charge in [0.2, 0.25) is 5.91 Å². The van der Waals surface area contributed by atoms with E-state index in [4.69, 9.17) is 0 Å². The molecule has 0 radical (unpaired) electrons. The van der Waals surface area contributed by atoms with Crippen LogP contribution in [0.3, 0.4) is 0 Å². The molecule has 28 heavy (non-hydrogen) atoms. The standard InChI is InChI=1S/C21H23N3O3S/c1-15(25)24-8-7-16-14-19(5-6-20(16)24)28-23-11-9-22(10-12-23)18-4-2-3-17(13-18)21(26)27/h2-6,13-14H,7-12H2,1H3,(H,26,27). The molecule has 2 heterocycles. The van der Waals surface area contributed by atoms with Crippen molar-refractivity contribution in [1.82, 2.24) is 4.31 Å². The van der Waals surface area contributed by atoms with Crippen molar-refractivity contribution >= 4 is 35.2 Å². The first-order valence-electron chi connectivity index (χ1n) is 9.43. The van der Waals surface area contributed by atoms with Gasteiger partial charge in [0.05, 0.1) is 5.56 Å². The number of benzene rings is 2. The van der Waals surface area contributed by atoms with E-state index in [0.717, 1.165) is 50.5 Å². The zero-order valence-electron chi connectivity index (χ0n) is 15.8. The minimum Gasteiger partial charge on any atom is -0.478 e. The summed E-state index contributed by atoms with van der Waals surface area (Å²) in [5.74, 6) is -0.793. The molecule has 146 valence electrons. The average Bonchev–Trinajstić information content (AvgIpc) is 3.12. The number of aromatic carboxylic acids is 1. The molecule has 0 saturated carbocycles. The second kappa shape index (κ2) is 7.85. The Morgan fingerprint density at radius 3 is 2.50 bits per heavy atom. The van der Waals surface area contributed by atoms with Crippen LogP contribution in [0.2, 0.25) is 0 Å². The Morgan fingerprint density at radius 2 is 1.79 bits per heavy atom. The number of rotatable bonds is 4. The molecule has 1 fully saturated rings. The SMILES string of the molecule is CC(=O)N1CCc2cc(SN3CCN(c4cccc(C(=O)O)c4)CC3)ccc21. The third kappa shape index (κ3) is 3.86. The lowest BCUT2D eigenvalue weighted by atomic mass is 10.2. The number of piperazine rings is 1. The fourth-order valence-electron chi connectivity index (χ4n) is 3.78. The highest BCUT2D eigenvalue weighted by molar-refractivity contribution is 7.97. The van der Waals surface area contributed by atoms with Crippen LogP contribution in [0.1, 0.15) is 22.8 Å². The Balaban J connectivity index is 1.37. The lowest BCUT2D eigenvalue weighted by Crippen LogP contribution is -2.43. The third-order valence-corrected chi connectivity index (χ3v) is 6.35. The number of nitrogens with zero attached hydrogens (tertiary/aromatic N) is 3. The normalized spacial score (nSPS) is 16.9. The highest BCUT2D eigenvalue weighted by atomic mass is 32.2. The fraction of sp³-hybridized carbons (Fsp3) is 0.333. The first-order valence-corrected chi connectivity index (χ1v) is 10.2. The van der Waals surface area contributed by atoms with E-state index in [9.17, 15) is 14.7 Å². The molecule has 0 unspecified atom stereocenters. The largest absolute Gasteiger partial charge is 0.478 e. The average molecular weight is 398 g/mol. The zero-order valence-corrected chi connectivity index (χ0v) is 16.6. The lowest BCUT2D eigenvalue weighted by molar-refractivity contribution is -0.116. The molecule has 6 nitrogen and oxygen atoms in total. The number of anilines is 2. The molecule has 0 spiro atoms. The molecule has 1 N–H and O–H groups in total. The van der Waals surface area contributed by atoms with Crippen LogP contribution in [-0.2, 0) is 11.2 Å². The molecule has 7 heteroatoms. The number of carboxylic acids is 1. The molecular weight excluding hydrogens is 374 g/mol. The quantitative estimate of drug-likeness (QED) is 0.800. The Bertz CT molecular complexity index is 910. The third-order valence-electron chi connectivity index (χ3n) is 5.26. The molecular formula is C21H23N3O3S. The van der Waals surface area contributed by atoms with Crippen molar-refractivity contribution in [1.29, 1.82) is 0 Å². The van der Waals surface area contributed by atoms with Crippen LogP contribution in [0.4, 0.5) is 11.4 Å². The van der Waals surface area contributed by atoms with Crippen LogP contribution in [0, 0.1) is 0 Å². The summed E-state index contributed by atoms with van der Waals surface area (Å²) in [6.07, 6.45) is 0.914. The Hall–Kier alpha value is -2.51. The van der Waals surface area contributed by atoms with E-state index in [0.29, 0.717) is 5.56 Å². The number of fused-ring (bicyclic) bond motifs is 1. The number of hydrogen-bond donors (Lipinski definition) is 1. The van der Waals surface area contributed by atoms with E-state index in [2.05, 4.69) is 27.4 Å². The predicted molar refractivity (Wildman–Crippen MR) is 111 cm³/mol. The summed E-state index contributed by atoms with van der Waals surface area (Å²) >= 11 is 1.75. The summed E-state index contributed by atoms with van der Waals surface area (Å²) in [5.41, 5.74) is 3.57. The minimum atomic E-state index is -0.893. The molecule has 0 aromatic heterocycles. The van der Waals surface area contributed by atoms with Crippen molar-refractivity contribution < 1.29 is 14.7 Å². The highest BCUT2D eigenvalue weighted by Gasteiger charge is 2.23. The number of carboxylic acid groups (broad SMARTS) is 1. The van der Waals surface area contributed by atoms with Gasteiger partial charge in [0.15, 0.2) is 0 Å². The summed E-state index contributed by atoms with van der Waals surface area (Å²) in [5, 5.41) is 9.18. The summed E-state index contributed by atoms with van der Waals surface area (Å²) in [6.45, 7) is 5.91. The van der Waals surface area contributed by atoms with Gasteiger partial charge in [0, 0.05) is 55.9 Å². The van der Waals surface area contributed by atoms with Crippen molar-refractivity contribution in [3.63, 3.8) is 0 Å². The van der Waals surface area contributed by atoms with Gasteiger partial charge in [-0.2, -0.15) is 0 Å². The second-order valence-corrected chi connectivity index (χ2v) is 8.24. The monoisotopic (exact) mass is 397 g/mol. The van der Waals surface area contributed by atoms with Gasteiger partial charge in [-0.25, -0.2) is 9.10 Å². The maximum absolute atomic E-state index is 11.7. The highest BCUT2D eigenvalue weighted by Crippen LogP contribution is 2.33. The van der Waals surface area contributed by atoms with Crippen molar-refractivity contribution in [3.8, 4) is 0 Å². The van der Waals surface area contributed by atoms with Crippen LogP contribution in [0.15, 0.2) is 47.4 Å². The molecule has 0 bridgehead atoms. The van der Waals surface area contributed by atoms with Gasteiger partial charge in [-0.05, 0) is 60.3 Å². The molecule has 2 aliphatic heterocycles. The molecule has 1 amide bonds. The van der Waals surface area contributed by atoms with Crippen LogP contribution >= 0.6 is 11.9 Å². The summed E-state index contributed by atoms with van der Waals surface area (Å²) in [7, 11) is 0. The van der Waals surface area contributed by atoms with E-state index in [-0.39, 0.29) is 5.91 Å². The predicted octanol–water partition coefficient (Wildman–Crippen LogP) is 3.12. The first-order chi connectivity index (χ1) is 13.5. The summed E-state index contributed by atoms with van der Waals surface area (Å²) < 4.78 is 2.34. The van der Waals surface area contributed by atoms with Crippen molar-refractivity contribution in [2.45, 2.75) is 18.2 Å². The molecule has 0 atom stereocenters. The van der Waals surface area contributed by atoms with Gasteiger partial charge in [-0.15, -0.1) is 0 Å². The summed E-state index contributed by atoms with van der Waals surface area (Å²) in [6, 6.07) is 13.5. The van der Waals surface area contributed by atoms with Gasteiger partial charge in [0.25, 0.3) is 0 Å². The van der Waals surface area contributed by atoms with Crippen LogP contribution in [0.5, 0.6) is 0 Å². The number of carbonyl (C=O) groups is 2. The fourth-order valence-corrected chi connectivity index (χ4v) is 4.75. The van der Waals surface area contributed by atoms with E-state index < -0.39 is 5.97 Å². The number of amides is 1. The van der Waals surface area contributed by atoms with E-state index >= 15 is 0 Å². The van der Waals surface area contributed by atoms with Crippen LogP contribution < -0.4 is 9.80 Å². The van der Waals surface area contributed by atoms with E-state index in [1.165, 1.54) is 10.5 Å². The van der Waals surface area contributed by atoms with Gasteiger partial charge >= 0.3 is 5.97 Å². The molecule has 0 aliphatic carbocycles.